The molecular weight excluding hydrogens is 328 g/mol. The van der Waals surface area contributed by atoms with Crippen LogP contribution in [0.2, 0.25) is 0 Å². The van der Waals surface area contributed by atoms with Crippen LogP contribution in [0.25, 0.3) is 11.3 Å². The Morgan fingerprint density at radius 2 is 1.96 bits per heavy atom. The number of carboxylic acid groups (broad SMARTS) is 1. The first-order chi connectivity index (χ1) is 12.4. The minimum Gasteiger partial charge on any atom is -0.478 e. The van der Waals surface area contributed by atoms with Crippen molar-refractivity contribution in [2.75, 3.05) is 24.6 Å². The lowest BCUT2D eigenvalue weighted by Crippen LogP contribution is -2.54. The van der Waals surface area contributed by atoms with Gasteiger partial charge in [-0.1, -0.05) is 44.2 Å². The molecule has 2 N–H and O–H groups in total. The van der Waals surface area contributed by atoms with Gasteiger partial charge in [0.15, 0.2) is 0 Å². The zero-order valence-electron chi connectivity index (χ0n) is 15.1. The maximum atomic E-state index is 11.8. The molecule has 4 rings (SSSR count). The van der Waals surface area contributed by atoms with Crippen molar-refractivity contribution in [2.45, 2.75) is 20.3 Å². The zero-order chi connectivity index (χ0) is 18.5. The number of aliphatic hydroxyl groups excluding tert-OH is 1. The van der Waals surface area contributed by atoms with Gasteiger partial charge in [-0.2, -0.15) is 0 Å². The van der Waals surface area contributed by atoms with Crippen LogP contribution in [0.15, 0.2) is 42.5 Å². The first kappa shape index (κ1) is 17.0. The van der Waals surface area contributed by atoms with Crippen molar-refractivity contribution in [3.63, 3.8) is 0 Å². The predicted molar refractivity (Wildman–Crippen MR) is 100 cm³/mol. The number of aromatic nitrogens is 1. The molecule has 0 amide bonds. The van der Waals surface area contributed by atoms with Crippen LogP contribution in [0.1, 0.15) is 30.6 Å². The van der Waals surface area contributed by atoms with Gasteiger partial charge in [-0.05, 0) is 29.9 Å². The van der Waals surface area contributed by atoms with Gasteiger partial charge in [0.25, 0.3) is 0 Å². The van der Waals surface area contributed by atoms with Gasteiger partial charge >= 0.3 is 5.97 Å². The Labute approximate surface area is 153 Å². The summed E-state index contributed by atoms with van der Waals surface area (Å²) in [6.07, 6.45) is 0.957. The van der Waals surface area contributed by atoms with E-state index in [1.165, 1.54) is 0 Å². The second-order valence-corrected chi connectivity index (χ2v) is 8.36. The Balaban J connectivity index is 1.75. The first-order valence-corrected chi connectivity index (χ1v) is 9.02. The van der Waals surface area contributed by atoms with Gasteiger partial charge in [-0.3, -0.25) is 0 Å². The minimum absolute atomic E-state index is 0.135. The van der Waals surface area contributed by atoms with E-state index in [1.54, 1.807) is 12.1 Å². The highest BCUT2D eigenvalue weighted by Gasteiger charge is 2.62. The molecule has 2 fully saturated rings. The predicted octanol–water partition coefficient (Wildman–Crippen LogP) is 3.29. The smallest absolute Gasteiger partial charge is 0.339 e. The number of hydrogen-bond acceptors (Lipinski definition) is 4. The van der Waals surface area contributed by atoms with E-state index in [9.17, 15) is 15.0 Å². The number of rotatable bonds is 4. The van der Waals surface area contributed by atoms with E-state index in [1.807, 2.05) is 30.3 Å². The Morgan fingerprint density at radius 3 is 2.54 bits per heavy atom. The molecule has 2 aliphatic rings. The molecule has 0 spiro atoms. The molecule has 1 aromatic heterocycles. The van der Waals surface area contributed by atoms with Gasteiger partial charge in [-0.25, -0.2) is 9.78 Å². The summed E-state index contributed by atoms with van der Waals surface area (Å²) in [5, 5.41) is 19.6. The summed E-state index contributed by atoms with van der Waals surface area (Å²) in [7, 11) is 0. The van der Waals surface area contributed by atoms with Gasteiger partial charge in [0.05, 0.1) is 12.3 Å². The van der Waals surface area contributed by atoms with Gasteiger partial charge in [-0.15, -0.1) is 0 Å². The average molecular weight is 352 g/mol. The third kappa shape index (κ3) is 2.50. The van der Waals surface area contributed by atoms with Crippen LogP contribution >= 0.6 is 0 Å². The Kier molecular flexibility index (Phi) is 3.81. The largest absolute Gasteiger partial charge is 0.478 e. The summed E-state index contributed by atoms with van der Waals surface area (Å²) in [4.78, 5) is 18.5. The maximum Gasteiger partial charge on any atom is 0.339 e. The molecule has 0 unspecified atom stereocenters. The van der Waals surface area contributed by atoms with Gasteiger partial charge in [0.1, 0.15) is 11.4 Å². The number of carbonyl (C=O) groups is 1. The normalized spacial score (nSPS) is 26.3. The lowest BCUT2D eigenvalue weighted by atomic mass is 9.48. The number of hydrogen-bond donors (Lipinski definition) is 2. The van der Waals surface area contributed by atoms with Crippen LogP contribution in [0.3, 0.4) is 0 Å². The monoisotopic (exact) mass is 352 g/mol. The fourth-order valence-electron chi connectivity index (χ4n) is 5.13. The molecule has 2 aromatic rings. The molecule has 0 bridgehead atoms. The fraction of sp³-hybridized carbons (Fsp3) is 0.429. The van der Waals surface area contributed by atoms with Crippen LogP contribution in [-0.4, -0.2) is 40.9 Å². The van der Waals surface area contributed by atoms with Crippen molar-refractivity contribution in [1.29, 1.82) is 0 Å². The van der Waals surface area contributed by atoms with Crippen LogP contribution in [0.4, 0.5) is 5.82 Å². The van der Waals surface area contributed by atoms with Crippen molar-refractivity contribution in [2.24, 2.45) is 16.7 Å². The zero-order valence-corrected chi connectivity index (χ0v) is 15.1. The Morgan fingerprint density at radius 1 is 1.23 bits per heavy atom. The molecule has 1 aliphatic carbocycles. The van der Waals surface area contributed by atoms with Crippen LogP contribution in [0, 0.1) is 16.7 Å². The number of fused-ring (bicyclic) bond motifs is 1. The highest BCUT2D eigenvalue weighted by atomic mass is 16.4. The van der Waals surface area contributed by atoms with Gasteiger partial charge < -0.3 is 15.1 Å². The van der Waals surface area contributed by atoms with E-state index in [4.69, 9.17) is 4.98 Å². The van der Waals surface area contributed by atoms with Gasteiger partial charge in [0, 0.05) is 24.1 Å². The molecular formula is C21H24N2O3. The van der Waals surface area contributed by atoms with E-state index in [0.29, 0.717) is 18.3 Å². The number of carboxylic acids is 1. The summed E-state index contributed by atoms with van der Waals surface area (Å²) >= 11 is 0. The number of pyridine rings is 1. The molecule has 1 saturated carbocycles. The fourth-order valence-corrected chi connectivity index (χ4v) is 5.13. The SMILES string of the molecule is CC1(C)C[C@]2(CO)CN(c3nc(-c4ccccc4)ccc3C(=O)O)C[C@H]12. The second-order valence-electron chi connectivity index (χ2n) is 8.36. The number of benzene rings is 1. The number of anilines is 1. The quantitative estimate of drug-likeness (QED) is 0.883. The maximum absolute atomic E-state index is 11.8. The van der Waals surface area contributed by atoms with Crippen LogP contribution in [0.5, 0.6) is 0 Å². The molecule has 136 valence electrons. The number of aliphatic hydroxyl groups is 1. The van der Waals surface area contributed by atoms with E-state index in [-0.39, 0.29) is 23.0 Å². The van der Waals surface area contributed by atoms with E-state index >= 15 is 0 Å². The molecule has 2 heterocycles. The third-order valence-electron chi connectivity index (χ3n) is 6.19. The van der Waals surface area contributed by atoms with Crippen molar-refractivity contribution in [3.8, 4) is 11.3 Å². The molecule has 5 nitrogen and oxygen atoms in total. The summed E-state index contributed by atoms with van der Waals surface area (Å²) in [6, 6.07) is 13.2. The summed E-state index contributed by atoms with van der Waals surface area (Å²) in [6.45, 7) is 5.97. The average Bonchev–Trinajstić information content (AvgIpc) is 2.97. The highest BCUT2D eigenvalue weighted by Crippen LogP contribution is 2.62. The highest BCUT2D eigenvalue weighted by molar-refractivity contribution is 5.94. The summed E-state index contributed by atoms with van der Waals surface area (Å²) in [5.41, 5.74) is 1.98. The van der Waals surface area contributed by atoms with Gasteiger partial charge in [0.2, 0.25) is 0 Å². The summed E-state index contributed by atoms with van der Waals surface area (Å²) < 4.78 is 0. The van der Waals surface area contributed by atoms with E-state index < -0.39 is 5.97 Å². The molecule has 2 atom stereocenters. The minimum atomic E-state index is -0.969. The van der Waals surface area contributed by atoms with Crippen molar-refractivity contribution >= 4 is 11.8 Å². The molecule has 1 saturated heterocycles. The molecule has 1 aromatic carbocycles. The third-order valence-corrected chi connectivity index (χ3v) is 6.19. The Hall–Kier alpha value is -2.40. The summed E-state index contributed by atoms with van der Waals surface area (Å²) in [5.74, 6) is -0.107. The topological polar surface area (TPSA) is 73.7 Å². The standard InChI is InChI=1S/C21H24N2O3/c1-20(2)11-21(13-24)12-23(10-17(20)21)18-15(19(25)26)8-9-16(22-18)14-6-4-3-5-7-14/h3-9,17,24H,10-13H2,1-2H3,(H,25,26)/t17-,21-/m1/s1. The number of aromatic carboxylic acids is 1. The van der Waals surface area contributed by atoms with Crippen LogP contribution < -0.4 is 4.90 Å². The Bertz CT molecular complexity index is 850. The molecule has 0 radical (unpaired) electrons. The second kappa shape index (κ2) is 5.81. The van der Waals surface area contributed by atoms with Crippen molar-refractivity contribution < 1.29 is 15.0 Å². The molecule has 5 heteroatoms. The van der Waals surface area contributed by atoms with E-state index in [0.717, 1.165) is 24.2 Å². The van der Waals surface area contributed by atoms with Crippen LogP contribution in [-0.2, 0) is 0 Å². The lowest BCUT2D eigenvalue weighted by Gasteiger charge is -2.55. The molecule has 1 aliphatic heterocycles. The lowest BCUT2D eigenvalue weighted by molar-refractivity contribution is -0.0974. The first-order valence-electron chi connectivity index (χ1n) is 9.02. The van der Waals surface area contributed by atoms with E-state index in [2.05, 4.69) is 18.7 Å². The molecule has 26 heavy (non-hydrogen) atoms. The van der Waals surface area contributed by atoms with Crippen molar-refractivity contribution in [1.82, 2.24) is 4.98 Å². The van der Waals surface area contributed by atoms with Crippen molar-refractivity contribution in [3.05, 3.63) is 48.0 Å². The number of nitrogens with zero attached hydrogens (tertiary/aromatic N) is 2.